The molecule has 11 heteroatoms. The Kier molecular flexibility index (Phi) is 5.51. The van der Waals surface area contributed by atoms with E-state index in [2.05, 4.69) is 25.1 Å². The zero-order chi connectivity index (χ0) is 22.9. The molecular formula is C22H21ClN8O2. The molecule has 4 heterocycles. The Morgan fingerprint density at radius 1 is 1.06 bits per heavy atom. The van der Waals surface area contributed by atoms with E-state index in [0.29, 0.717) is 42.5 Å². The zero-order valence-electron chi connectivity index (χ0n) is 17.9. The van der Waals surface area contributed by atoms with Crippen LogP contribution in [0.3, 0.4) is 0 Å². The number of hydrogen-bond donors (Lipinski definition) is 0. The Hall–Kier alpha value is -3.79. The summed E-state index contributed by atoms with van der Waals surface area (Å²) in [6, 6.07) is 7.47. The quantitative estimate of drug-likeness (QED) is 0.453. The van der Waals surface area contributed by atoms with Crippen LogP contribution in [0.2, 0.25) is 5.02 Å². The molecule has 1 saturated heterocycles. The maximum atomic E-state index is 13.1. The van der Waals surface area contributed by atoms with E-state index in [1.807, 2.05) is 29.2 Å². The molecule has 5 rings (SSSR count). The number of carbonyl (C=O) groups excluding carboxylic acids is 1. The number of hydrogen-bond acceptors (Lipinski definition) is 7. The molecule has 0 radical (unpaired) electrons. The molecule has 0 atom stereocenters. The third kappa shape index (κ3) is 4.05. The number of nitrogens with zero attached hydrogens (tertiary/aromatic N) is 8. The summed E-state index contributed by atoms with van der Waals surface area (Å²) in [6.07, 6.45) is 6.44. The van der Waals surface area contributed by atoms with Crippen molar-refractivity contribution in [2.75, 3.05) is 31.1 Å². The summed E-state index contributed by atoms with van der Waals surface area (Å²) in [5.41, 5.74) is 3.26. The summed E-state index contributed by atoms with van der Waals surface area (Å²) >= 11 is 6.09. The van der Waals surface area contributed by atoms with Gasteiger partial charge in [-0.25, -0.2) is 9.48 Å². The Bertz CT molecular complexity index is 1360. The highest BCUT2D eigenvalue weighted by molar-refractivity contribution is 6.30. The highest BCUT2D eigenvalue weighted by Crippen LogP contribution is 2.34. The number of amides is 1. The van der Waals surface area contributed by atoms with Gasteiger partial charge in [0.25, 0.3) is 0 Å². The second-order valence-corrected chi connectivity index (χ2v) is 8.22. The number of aromatic nitrogens is 6. The lowest BCUT2D eigenvalue weighted by atomic mass is 10.1. The molecule has 0 saturated carbocycles. The van der Waals surface area contributed by atoms with Gasteiger partial charge in [0.1, 0.15) is 0 Å². The summed E-state index contributed by atoms with van der Waals surface area (Å²) in [5, 5.41) is 9.66. The number of halogens is 1. The van der Waals surface area contributed by atoms with Crippen molar-refractivity contribution in [3.05, 3.63) is 70.3 Å². The topological polar surface area (TPSA) is 102 Å². The fourth-order valence-electron chi connectivity index (χ4n) is 4.01. The number of benzene rings is 1. The van der Waals surface area contributed by atoms with Gasteiger partial charge in [-0.1, -0.05) is 23.7 Å². The average molecular weight is 465 g/mol. The molecule has 4 aromatic rings. The van der Waals surface area contributed by atoms with Gasteiger partial charge >= 0.3 is 5.69 Å². The Morgan fingerprint density at radius 3 is 2.48 bits per heavy atom. The Labute approximate surface area is 194 Å². The highest BCUT2D eigenvalue weighted by Gasteiger charge is 2.26. The van der Waals surface area contributed by atoms with Crippen LogP contribution in [0.25, 0.3) is 16.8 Å². The first-order valence-electron chi connectivity index (χ1n) is 10.5. The maximum Gasteiger partial charge on any atom is 0.367 e. The number of rotatable bonds is 4. The van der Waals surface area contributed by atoms with Gasteiger partial charge in [-0.2, -0.15) is 9.61 Å². The molecule has 1 fully saturated rings. The van der Waals surface area contributed by atoms with Crippen LogP contribution in [0.15, 0.2) is 53.8 Å². The zero-order valence-corrected chi connectivity index (χ0v) is 18.7. The predicted octanol–water partition coefficient (Wildman–Crippen LogP) is 1.72. The lowest BCUT2D eigenvalue weighted by Gasteiger charge is -2.36. The molecule has 168 valence electrons. The molecule has 1 aliphatic rings. The number of carbonyl (C=O) groups is 1. The average Bonchev–Trinajstić information content (AvgIpc) is 3.15. The van der Waals surface area contributed by atoms with Crippen molar-refractivity contribution in [3.63, 3.8) is 0 Å². The smallest absolute Gasteiger partial charge is 0.364 e. The minimum Gasteiger partial charge on any atom is -0.364 e. The molecule has 0 bridgehead atoms. The Balaban J connectivity index is 1.63. The SMILES string of the molecule is CC(=O)N1CCN(c2c(-c3ccc(Cl)cc3)cnn3c(=O)n(Cc4cnccn4)nc23)CC1. The molecule has 1 aliphatic heterocycles. The monoisotopic (exact) mass is 464 g/mol. The van der Waals surface area contributed by atoms with Gasteiger partial charge in [0.05, 0.1) is 30.3 Å². The predicted molar refractivity (Wildman–Crippen MR) is 123 cm³/mol. The number of fused-ring (bicyclic) bond motifs is 1. The van der Waals surface area contributed by atoms with E-state index >= 15 is 0 Å². The van der Waals surface area contributed by atoms with Crippen molar-refractivity contribution in [2.24, 2.45) is 0 Å². The van der Waals surface area contributed by atoms with E-state index in [1.54, 1.807) is 31.7 Å². The standard InChI is InChI=1S/C22H21ClN8O2/c1-15(32)28-8-10-29(11-9-28)20-19(16-2-4-17(23)5-3-16)13-26-31-21(20)27-30(22(31)33)14-18-12-24-6-7-25-18/h2-7,12-13H,8-11,14H2,1H3. The van der Waals surface area contributed by atoms with Crippen LogP contribution in [0.1, 0.15) is 12.6 Å². The van der Waals surface area contributed by atoms with Gasteiger partial charge < -0.3 is 9.80 Å². The van der Waals surface area contributed by atoms with Crippen molar-refractivity contribution in [1.29, 1.82) is 0 Å². The summed E-state index contributed by atoms with van der Waals surface area (Å²) in [4.78, 5) is 37.1. The lowest BCUT2D eigenvalue weighted by Crippen LogP contribution is -2.48. The normalized spacial score (nSPS) is 14.1. The fourth-order valence-corrected chi connectivity index (χ4v) is 4.14. The lowest BCUT2D eigenvalue weighted by molar-refractivity contribution is -0.129. The van der Waals surface area contributed by atoms with Crippen LogP contribution in [-0.2, 0) is 11.3 Å². The van der Waals surface area contributed by atoms with E-state index in [0.717, 1.165) is 16.8 Å². The van der Waals surface area contributed by atoms with Gasteiger partial charge in [0, 0.05) is 56.1 Å². The minimum atomic E-state index is -0.359. The molecule has 0 N–H and O–H groups in total. The molecule has 1 aromatic carbocycles. The molecule has 0 unspecified atom stereocenters. The van der Waals surface area contributed by atoms with Gasteiger partial charge in [-0.05, 0) is 17.7 Å². The molecule has 0 spiro atoms. The van der Waals surface area contributed by atoms with Crippen LogP contribution < -0.4 is 10.6 Å². The van der Waals surface area contributed by atoms with Crippen molar-refractivity contribution >= 4 is 28.8 Å². The van der Waals surface area contributed by atoms with E-state index < -0.39 is 0 Å². The van der Waals surface area contributed by atoms with Crippen LogP contribution in [-0.4, -0.2) is 66.3 Å². The third-order valence-electron chi connectivity index (χ3n) is 5.71. The number of piperazine rings is 1. The first-order valence-corrected chi connectivity index (χ1v) is 10.9. The van der Waals surface area contributed by atoms with Gasteiger partial charge in [0.2, 0.25) is 11.6 Å². The highest BCUT2D eigenvalue weighted by atomic mass is 35.5. The second kappa shape index (κ2) is 8.62. The van der Waals surface area contributed by atoms with Gasteiger partial charge in [0.15, 0.2) is 0 Å². The fraction of sp³-hybridized carbons (Fsp3) is 0.273. The summed E-state index contributed by atoms with van der Waals surface area (Å²) < 4.78 is 2.65. The molecule has 3 aromatic heterocycles. The first-order chi connectivity index (χ1) is 16.0. The summed E-state index contributed by atoms with van der Waals surface area (Å²) in [7, 11) is 0. The van der Waals surface area contributed by atoms with Crippen molar-refractivity contribution in [2.45, 2.75) is 13.5 Å². The molecule has 0 aliphatic carbocycles. The molecule has 1 amide bonds. The van der Waals surface area contributed by atoms with E-state index in [9.17, 15) is 9.59 Å². The number of anilines is 1. The third-order valence-corrected chi connectivity index (χ3v) is 5.96. The van der Waals surface area contributed by atoms with Crippen LogP contribution >= 0.6 is 11.6 Å². The van der Waals surface area contributed by atoms with Gasteiger partial charge in [-0.15, -0.1) is 5.10 Å². The Morgan fingerprint density at radius 2 is 1.82 bits per heavy atom. The second-order valence-electron chi connectivity index (χ2n) is 7.78. The molecule has 10 nitrogen and oxygen atoms in total. The van der Waals surface area contributed by atoms with Crippen LogP contribution in [0.5, 0.6) is 0 Å². The van der Waals surface area contributed by atoms with E-state index in [1.165, 1.54) is 9.20 Å². The maximum absolute atomic E-state index is 13.1. The largest absolute Gasteiger partial charge is 0.367 e. The van der Waals surface area contributed by atoms with E-state index in [4.69, 9.17) is 11.6 Å². The summed E-state index contributed by atoms with van der Waals surface area (Å²) in [5.74, 6) is 0.0527. The van der Waals surface area contributed by atoms with Crippen LogP contribution in [0, 0.1) is 0 Å². The van der Waals surface area contributed by atoms with Crippen molar-refractivity contribution < 1.29 is 4.79 Å². The van der Waals surface area contributed by atoms with Crippen LogP contribution in [0.4, 0.5) is 5.69 Å². The van der Waals surface area contributed by atoms with E-state index in [-0.39, 0.29) is 18.1 Å². The molecule has 33 heavy (non-hydrogen) atoms. The minimum absolute atomic E-state index is 0.0527. The first kappa shape index (κ1) is 21.1. The van der Waals surface area contributed by atoms with Crippen molar-refractivity contribution in [3.8, 4) is 11.1 Å². The van der Waals surface area contributed by atoms with Gasteiger partial charge in [-0.3, -0.25) is 14.8 Å². The molecular weight excluding hydrogens is 444 g/mol. The summed E-state index contributed by atoms with van der Waals surface area (Å²) in [6.45, 7) is 4.18. The van der Waals surface area contributed by atoms with Crippen molar-refractivity contribution in [1.82, 2.24) is 34.3 Å².